The molecule has 1 rings (SSSR count). The summed E-state index contributed by atoms with van der Waals surface area (Å²) in [4.78, 5) is 10.8. The lowest BCUT2D eigenvalue weighted by Crippen LogP contribution is -2.24. The van der Waals surface area contributed by atoms with Gasteiger partial charge in [0.25, 0.3) is 0 Å². The van der Waals surface area contributed by atoms with Crippen molar-refractivity contribution < 1.29 is 4.79 Å². The molecule has 1 amide bonds. The van der Waals surface area contributed by atoms with Gasteiger partial charge in [0.2, 0.25) is 5.91 Å². The van der Waals surface area contributed by atoms with Crippen molar-refractivity contribution >= 4 is 33.2 Å². The highest BCUT2D eigenvalue weighted by Crippen LogP contribution is 2.28. The maximum absolute atomic E-state index is 10.8. The first-order valence-corrected chi connectivity index (χ1v) is 5.80. The van der Waals surface area contributed by atoms with E-state index in [0.29, 0.717) is 6.42 Å². The van der Waals surface area contributed by atoms with Crippen molar-refractivity contribution in [3.63, 3.8) is 0 Å². The Morgan fingerprint density at radius 1 is 1.56 bits per heavy atom. The van der Waals surface area contributed by atoms with E-state index in [4.69, 9.17) is 11.5 Å². The van der Waals surface area contributed by atoms with Crippen molar-refractivity contribution in [2.75, 3.05) is 11.1 Å². The first-order valence-electron chi connectivity index (χ1n) is 5.00. The van der Waals surface area contributed by atoms with Crippen LogP contribution in [0.1, 0.15) is 18.9 Å². The maximum Gasteiger partial charge on any atom is 0.219 e. The molecule has 88 valence electrons. The third-order valence-corrected chi connectivity index (χ3v) is 2.92. The molecular weight excluding hydrogens is 270 g/mol. The molecule has 1 aromatic rings. The van der Waals surface area contributed by atoms with E-state index >= 15 is 0 Å². The van der Waals surface area contributed by atoms with Gasteiger partial charge in [0.15, 0.2) is 0 Å². The first-order chi connectivity index (χ1) is 7.40. The average Bonchev–Trinajstić information content (AvgIpc) is 2.12. The summed E-state index contributed by atoms with van der Waals surface area (Å²) in [6.07, 6.45) is 0.301. The predicted octanol–water partition coefficient (Wildman–Crippen LogP) is 2.02. The Morgan fingerprint density at radius 3 is 2.75 bits per heavy atom. The molecule has 0 heterocycles. The second-order valence-electron chi connectivity index (χ2n) is 3.90. The summed E-state index contributed by atoms with van der Waals surface area (Å²) in [6, 6.07) is 3.78. The molecule has 0 radical (unpaired) electrons. The van der Waals surface area contributed by atoms with E-state index in [1.807, 2.05) is 26.0 Å². The molecule has 1 unspecified atom stereocenters. The highest BCUT2D eigenvalue weighted by atomic mass is 79.9. The molecule has 0 aliphatic heterocycles. The van der Waals surface area contributed by atoms with Crippen LogP contribution in [-0.4, -0.2) is 11.9 Å². The standard InChI is InChI=1S/C11H16BrN3O/c1-6-3-10(8(12)5-9(6)13)15-7(2)4-11(14)16/h3,5,7,15H,4,13H2,1-2H3,(H2,14,16). The van der Waals surface area contributed by atoms with Crippen LogP contribution in [0, 0.1) is 6.92 Å². The van der Waals surface area contributed by atoms with E-state index in [1.54, 1.807) is 0 Å². The minimum Gasteiger partial charge on any atom is -0.398 e. The predicted molar refractivity (Wildman–Crippen MR) is 70.2 cm³/mol. The molecule has 0 aromatic heterocycles. The summed E-state index contributed by atoms with van der Waals surface area (Å²) >= 11 is 3.42. The van der Waals surface area contributed by atoms with Crippen LogP contribution in [0.2, 0.25) is 0 Å². The summed E-state index contributed by atoms with van der Waals surface area (Å²) in [7, 11) is 0. The molecule has 16 heavy (non-hydrogen) atoms. The van der Waals surface area contributed by atoms with Gasteiger partial charge in [-0.05, 0) is 47.5 Å². The number of benzene rings is 1. The highest BCUT2D eigenvalue weighted by Gasteiger charge is 2.09. The Hall–Kier alpha value is -1.23. The second kappa shape index (κ2) is 5.21. The fourth-order valence-corrected chi connectivity index (χ4v) is 1.90. The number of amides is 1. The number of nitrogens with two attached hydrogens (primary N) is 2. The van der Waals surface area contributed by atoms with E-state index in [1.165, 1.54) is 0 Å². The molecule has 1 atom stereocenters. The number of anilines is 2. The quantitative estimate of drug-likeness (QED) is 0.741. The number of nitrogen functional groups attached to an aromatic ring is 1. The van der Waals surface area contributed by atoms with Gasteiger partial charge in [-0.2, -0.15) is 0 Å². The van der Waals surface area contributed by atoms with Gasteiger partial charge in [0.05, 0.1) is 0 Å². The lowest BCUT2D eigenvalue weighted by Gasteiger charge is -2.16. The van der Waals surface area contributed by atoms with Crippen molar-refractivity contribution in [1.29, 1.82) is 0 Å². The Labute approximate surface area is 104 Å². The molecule has 4 nitrogen and oxygen atoms in total. The zero-order chi connectivity index (χ0) is 12.3. The van der Waals surface area contributed by atoms with E-state index in [2.05, 4.69) is 21.2 Å². The van der Waals surface area contributed by atoms with Gasteiger partial charge in [0.1, 0.15) is 0 Å². The fraction of sp³-hybridized carbons (Fsp3) is 0.364. The number of carbonyl (C=O) groups is 1. The minimum absolute atomic E-state index is 0.00294. The Morgan fingerprint density at radius 2 is 2.19 bits per heavy atom. The monoisotopic (exact) mass is 285 g/mol. The van der Waals surface area contributed by atoms with Crippen molar-refractivity contribution in [3.05, 3.63) is 22.2 Å². The topological polar surface area (TPSA) is 81.1 Å². The number of aryl methyl sites for hydroxylation is 1. The molecule has 0 bridgehead atoms. The highest BCUT2D eigenvalue weighted by molar-refractivity contribution is 9.10. The number of primary amides is 1. The first kappa shape index (κ1) is 12.8. The maximum atomic E-state index is 10.8. The lowest BCUT2D eigenvalue weighted by molar-refractivity contribution is -0.118. The van der Waals surface area contributed by atoms with Crippen molar-refractivity contribution in [1.82, 2.24) is 0 Å². The third-order valence-electron chi connectivity index (χ3n) is 2.26. The summed E-state index contributed by atoms with van der Waals surface area (Å²) in [5.74, 6) is -0.316. The molecule has 5 N–H and O–H groups in total. The number of hydrogen-bond donors (Lipinski definition) is 3. The zero-order valence-electron chi connectivity index (χ0n) is 9.38. The molecule has 5 heteroatoms. The average molecular weight is 286 g/mol. The van der Waals surface area contributed by atoms with Crippen LogP contribution < -0.4 is 16.8 Å². The summed E-state index contributed by atoms with van der Waals surface area (Å²) in [5, 5.41) is 3.21. The van der Waals surface area contributed by atoms with Crippen LogP contribution >= 0.6 is 15.9 Å². The summed E-state index contributed by atoms with van der Waals surface area (Å²) in [5.41, 5.74) is 13.5. The van der Waals surface area contributed by atoms with E-state index in [-0.39, 0.29) is 11.9 Å². The molecule has 0 aliphatic rings. The lowest BCUT2D eigenvalue weighted by atomic mass is 10.1. The van der Waals surface area contributed by atoms with Gasteiger partial charge in [0, 0.05) is 28.3 Å². The number of rotatable bonds is 4. The number of nitrogens with one attached hydrogen (secondary N) is 1. The molecule has 0 saturated carbocycles. The molecule has 0 spiro atoms. The molecule has 0 saturated heterocycles. The van der Waals surface area contributed by atoms with Crippen molar-refractivity contribution in [2.24, 2.45) is 5.73 Å². The minimum atomic E-state index is -0.316. The van der Waals surface area contributed by atoms with Crippen LogP contribution in [-0.2, 0) is 4.79 Å². The summed E-state index contributed by atoms with van der Waals surface area (Å²) in [6.45, 7) is 3.84. The Bertz CT molecular complexity index is 406. The van der Waals surface area contributed by atoms with Gasteiger partial charge in [-0.15, -0.1) is 0 Å². The Balaban J connectivity index is 2.81. The zero-order valence-corrected chi connectivity index (χ0v) is 11.0. The third kappa shape index (κ3) is 3.41. The van der Waals surface area contributed by atoms with Gasteiger partial charge < -0.3 is 16.8 Å². The SMILES string of the molecule is Cc1cc(NC(C)CC(N)=O)c(Br)cc1N. The fourth-order valence-electron chi connectivity index (χ4n) is 1.43. The van der Waals surface area contributed by atoms with Gasteiger partial charge >= 0.3 is 0 Å². The van der Waals surface area contributed by atoms with E-state index in [0.717, 1.165) is 21.4 Å². The summed E-state index contributed by atoms with van der Waals surface area (Å²) < 4.78 is 0.881. The van der Waals surface area contributed by atoms with Crippen LogP contribution in [0.15, 0.2) is 16.6 Å². The van der Waals surface area contributed by atoms with Crippen LogP contribution in [0.3, 0.4) is 0 Å². The second-order valence-corrected chi connectivity index (χ2v) is 4.76. The number of halogens is 1. The van der Waals surface area contributed by atoms with Crippen LogP contribution in [0.25, 0.3) is 0 Å². The molecule has 0 aliphatic carbocycles. The van der Waals surface area contributed by atoms with E-state index in [9.17, 15) is 4.79 Å². The number of hydrogen-bond acceptors (Lipinski definition) is 3. The van der Waals surface area contributed by atoms with Gasteiger partial charge in [-0.3, -0.25) is 4.79 Å². The largest absolute Gasteiger partial charge is 0.398 e. The normalized spacial score (nSPS) is 12.2. The van der Waals surface area contributed by atoms with Crippen LogP contribution in [0.5, 0.6) is 0 Å². The van der Waals surface area contributed by atoms with E-state index < -0.39 is 0 Å². The molecule has 1 aromatic carbocycles. The smallest absolute Gasteiger partial charge is 0.219 e. The Kier molecular flexibility index (Phi) is 4.18. The van der Waals surface area contributed by atoms with Gasteiger partial charge in [-0.1, -0.05) is 0 Å². The van der Waals surface area contributed by atoms with Gasteiger partial charge in [-0.25, -0.2) is 0 Å². The molecule has 0 fully saturated rings. The molecular formula is C11H16BrN3O. The van der Waals surface area contributed by atoms with Crippen LogP contribution in [0.4, 0.5) is 11.4 Å². The number of carbonyl (C=O) groups excluding carboxylic acids is 1. The van der Waals surface area contributed by atoms with Crippen molar-refractivity contribution in [3.8, 4) is 0 Å². The van der Waals surface area contributed by atoms with Crippen molar-refractivity contribution in [2.45, 2.75) is 26.3 Å².